The van der Waals surface area contributed by atoms with Crippen molar-refractivity contribution in [1.29, 1.82) is 0 Å². The minimum absolute atomic E-state index is 0. The van der Waals surface area contributed by atoms with E-state index in [4.69, 9.17) is 49.9 Å². The van der Waals surface area contributed by atoms with Gasteiger partial charge in [0.05, 0.1) is 56.3 Å². The van der Waals surface area contributed by atoms with E-state index in [-0.39, 0.29) is 168 Å². The van der Waals surface area contributed by atoms with Crippen LogP contribution in [0.15, 0.2) is 232 Å². The Morgan fingerprint density at radius 3 is 0.634 bits per heavy atom. The molecule has 0 atom stereocenters. The zero-order valence-electron chi connectivity index (χ0n) is 49.3. The molecule has 0 fully saturated rings. The van der Waals surface area contributed by atoms with E-state index in [0.717, 1.165) is 64.6 Å². The summed E-state index contributed by atoms with van der Waals surface area (Å²) in [5, 5.41) is 10.4. The summed E-state index contributed by atoms with van der Waals surface area (Å²) in [6, 6.07) is 54.8. The van der Waals surface area contributed by atoms with Crippen LogP contribution in [-0.2, 0) is 37.3 Å². The third-order valence-electron chi connectivity index (χ3n) is 15.6. The molecule has 433 valence electrons. The molecule has 16 bridgehead atoms. The number of H-pyrrole nitrogens is 4. The van der Waals surface area contributed by atoms with Gasteiger partial charge in [-0.1, -0.05) is 170 Å². The minimum atomic E-state index is -4.87. The van der Waals surface area contributed by atoms with Crippen molar-refractivity contribution in [3.05, 3.63) is 226 Å². The van der Waals surface area contributed by atoms with Crippen molar-refractivity contribution in [2.75, 3.05) is 0 Å². The molecule has 10 heterocycles. The molecular weight excluding hydrogens is 1310 g/mol. The van der Waals surface area contributed by atoms with E-state index in [1.165, 1.54) is 24.3 Å². The molecule has 0 unspecified atom stereocenters. The van der Waals surface area contributed by atoms with E-state index >= 15 is 0 Å². The molecule has 8 aromatic heterocycles. The van der Waals surface area contributed by atoms with Gasteiger partial charge in [0, 0.05) is 97.8 Å². The Hall–Kier alpha value is -7.18. The maximum absolute atomic E-state index is 12.4. The molecule has 22 nitrogen and oxygen atoms in total. The average Bonchev–Trinajstić information content (AvgIpc) is 1.63. The molecule has 2 aliphatic heterocycles. The van der Waals surface area contributed by atoms with Crippen molar-refractivity contribution in [1.82, 2.24) is 39.9 Å². The van der Waals surface area contributed by atoms with E-state index in [9.17, 15) is 25.9 Å². The second kappa shape index (κ2) is 25.5. The van der Waals surface area contributed by atoms with Crippen molar-refractivity contribution in [3.63, 3.8) is 0 Å². The Morgan fingerprint density at radius 2 is 0.419 bits per heavy atom. The van der Waals surface area contributed by atoms with Gasteiger partial charge >= 0.3 is 135 Å². The van der Waals surface area contributed by atoms with Gasteiger partial charge in [-0.05, 0) is 44.5 Å². The first-order valence-electron chi connectivity index (χ1n) is 27.2. The summed E-state index contributed by atoms with van der Waals surface area (Å²) in [5.41, 5.74) is 2.43. The molecule has 2 aliphatic rings. The van der Waals surface area contributed by atoms with Crippen LogP contribution in [0.3, 0.4) is 0 Å². The molecule has 4 N–H and O–H groups in total. The number of hydrogen-bond donors (Lipinski definition) is 4. The molecule has 1 radical (unpaired) electrons. The van der Waals surface area contributed by atoms with Crippen molar-refractivity contribution in [3.8, 4) is 0 Å². The molecule has 16 aromatic rings. The number of fused-ring (bicyclic) bond motifs is 40. The van der Waals surface area contributed by atoms with Crippen molar-refractivity contribution in [2.45, 2.75) is 9.79 Å². The smallest absolute Gasteiger partial charge is 0.744 e. The Balaban J connectivity index is 0.000000170. The average molecular weight is 1340 g/mol. The Kier molecular flexibility index (Phi) is 18.1. The summed E-state index contributed by atoms with van der Waals surface area (Å²) in [7, 11) is -9.74. The Bertz CT molecular complexity index is 6170. The molecule has 29 heteroatoms. The fraction of sp³-hybridized carbons (Fsp3) is 0. The maximum atomic E-state index is 12.4. The summed E-state index contributed by atoms with van der Waals surface area (Å²) >= 11 is 0. The van der Waals surface area contributed by atoms with Gasteiger partial charge in [0.2, 0.25) is 0 Å². The van der Waals surface area contributed by atoms with E-state index < -0.39 is 30.0 Å². The minimum Gasteiger partial charge on any atom is -0.744 e. The summed E-state index contributed by atoms with van der Waals surface area (Å²) < 4.78 is 74.4. The first kappa shape index (κ1) is 65.9. The summed E-state index contributed by atoms with van der Waals surface area (Å²) in [5.74, 6) is 3.79. The van der Waals surface area contributed by atoms with Crippen LogP contribution in [0.1, 0.15) is 0 Å². The summed E-state index contributed by atoms with van der Waals surface area (Å²) in [6.45, 7) is 0. The van der Waals surface area contributed by atoms with Gasteiger partial charge in [-0.3, -0.25) is 0 Å². The molecule has 0 saturated heterocycles. The predicted molar refractivity (Wildman–Crippen MR) is 325 cm³/mol. The molecular formula is C64H34CuN16Na4O6S2. The van der Waals surface area contributed by atoms with E-state index in [0.29, 0.717) is 79.3 Å². The quantitative estimate of drug-likeness (QED) is 0.0956. The van der Waals surface area contributed by atoms with Crippen LogP contribution in [0.25, 0.3) is 86.2 Å². The van der Waals surface area contributed by atoms with E-state index in [1.54, 1.807) is 12.1 Å². The third kappa shape index (κ3) is 11.3. The number of nitrogens with zero attached hydrogens (tertiary/aromatic N) is 12. The van der Waals surface area contributed by atoms with Crippen LogP contribution in [0.5, 0.6) is 0 Å². The zero-order valence-corrected chi connectivity index (χ0v) is 59.8. The second-order valence-electron chi connectivity index (χ2n) is 20.8. The molecule has 0 spiro atoms. The van der Waals surface area contributed by atoms with Gasteiger partial charge in [0.25, 0.3) is 0 Å². The van der Waals surface area contributed by atoms with E-state index in [2.05, 4.69) is 29.9 Å². The van der Waals surface area contributed by atoms with Gasteiger partial charge < -0.3 is 88.9 Å². The zero-order chi connectivity index (χ0) is 59.2. The third-order valence-corrected chi connectivity index (χ3v) is 17.4. The summed E-state index contributed by atoms with van der Waals surface area (Å²) in [6.07, 6.45) is 0. The predicted octanol–water partition coefficient (Wildman–Crippen LogP) is -4.20. The standard InChI is InChI=1S/2C32H18N8O3S.Cu.4Na/c2*41-44(42,43)23-15-7-14-22-24(23)32-39-30-21-13-6-5-12-20(21)28(37-30)35-26-17-9-2-1-8-16(17)25(33-26)34-27-18-10-3-4-11-19(18)29(36-27)38-31(22)40-32;;;;;/h2*1-15H,(H3-2,33,34,35,36,37,38,39,40,41,42,43);;;;;/q2*-2;+2;4*+1/p-2. The maximum Gasteiger partial charge on any atom is 2.00 e. The number of hydrogen-bond acceptors (Lipinski definition) is 14. The van der Waals surface area contributed by atoms with Crippen LogP contribution >= 0.6 is 0 Å². The van der Waals surface area contributed by atoms with Crippen molar-refractivity contribution in [2.24, 2.45) is 39.9 Å². The van der Waals surface area contributed by atoms with Crippen molar-refractivity contribution < 1.29 is 161 Å². The number of benzene rings is 8. The first-order chi connectivity index (χ1) is 42.8. The van der Waals surface area contributed by atoms with Crippen molar-refractivity contribution >= 4 is 153 Å². The van der Waals surface area contributed by atoms with Gasteiger partial charge in [-0.15, -0.1) is 0 Å². The first-order valence-corrected chi connectivity index (χ1v) is 30.0. The normalized spacial score (nSPS) is 12.4. The summed E-state index contributed by atoms with van der Waals surface area (Å²) in [4.78, 5) is 70.4. The number of rotatable bonds is 2. The molecule has 0 amide bonds. The number of aromatic amines is 4. The van der Waals surface area contributed by atoms with Crippen LogP contribution < -0.4 is 182 Å². The van der Waals surface area contributed by atoms with E-state index in [1.807, 2.05) is 146 Å². The molecule has 93 heavy (non-hydrogen) atoms. The second-order valence-corrected chi connectivity index (χ2v) is 23.5. The molecule has 0 aliphatic carbocycles. The van der Waals surface area contributed by atoms with Crippen LogP contribution in [-0.4, -0.2) is 45.9 Å². The van der Waals surface area contributed by atoms with Crippen LogP contribution in [0.4, 0.5) is 46.5 Å². The SMILES string of the molecule is O=S(=O)([O-])c1cccc2c3[n-]c(c12)=Nc1[nH]c(c2ccccc12)N=c1[n-]c(c2ccccc12)=Nc1[nH]c(c2ccccc12)N=3.O=S(=O)([O-])c1cccc2c3[n-]c(c12)=Nc1[nH]c(c2ccccc12)N=c1[n-]c(c2ccccc12)=Nc1[nH]c(c2ccccc12)N=3.[Cu+2].[Na+].[Na+].[Na+].[Na+]. The fourth-order valence-electron chi connectivity index (χ4n) is 11.7. The topological polar surface area (TPSA) is 333 Å². The number of aromatic nitrogens is 8. The Labute approximate surface area is 622 Å². The molecule has 8 aromatic carbocycles. The molecule has 0 saturated carbocycles. The van der Waals surface area contributed by atoms with Gasteiger partial charge in [0.1, 0.15) is 20.2 Å². The fourth-order valence-corrected chi connectivity index (χ4v) is 13.1. The molecule has 18 rings (SSSR count). The monoisotopic (exact) mass is 1340 g/mol. The van der Waals surface area contributed by atoms with Gasteiger partial charge in [-0.25, -0.2) is 16.8 Å². The van der Waals surface area contributed by atoms with Crippen LogP contribution in [0.2, 0.25) is 0 Å². The number of nitrogens with one attached hydrogen (secondary N) is 4. The Morgan fingerprint density at radius 1 is 0.247 bits per heavy atom. The van der Waals surface area contributed by atoms with Gasteiger partial charge in [0.15, 0.2) is 0 Å². The largest absolute Gasteiger partial charge is 2.00 e. The van der Waals surface area contributed by atoms with Crippen LogP contribution in [0, 0.1) is 0 Å². The van der Waals surface area contributed by atoms with Gasteiger partial charge in [-0.2, -0.15) is 0 Å².